The third-order valence-corrected chi connectivity index (χ3v) is 2.11. The van der Waals surface area contributed by atoms with Crippen LogP contribution in [0, 0.1) is 0 Å². The summed E-state index contributed by atoms with van der Waals surface area (Å²) < 4.78 is 0. The van der Waals surface area contributed by atoms with Gasteiger partial charge in [0.25, 0.3) is 5.91 Å². The number of carbonyl (C=O) groups is 1. The van der Waals surface area contributed by atoms with Crippen LogP contribution < -0.4 is 5.32 Å². The van der Waals surface area contributed by atoms with E-state index in [-0.39, 0.29) is 18.1 Å². The summed E-state index contributed by atoms with van der Waals surface area (Å²) in [6.45, 7) is 5.62. The van der Waals surface area contributed by atoms with Gasteiger partial charge in [-0.3, -0.25) is 4.79 Å². The second-order valence-corrected chi connectivity index (χ2v) is 5.29. The fraction of sp³-hybridized carbons (Fsp3) is 0.385. The summed E-state index contributed by atoms with van der Waals surface area (Å²) in [5.74, 6) is -0.198. The average Bonchev–Trinajstić information content (AvgIpc) is 2.24. The summed E-state index contributed by atoms with van der Waals surface area (Å²) in [7, 11) is 0. The Labute approximate surface area is 112 Å². The van der Waals surface area contributed by atoms with Gasteiger partial charge in [-0.25, -0.2) is 0 Å². The molecule has 0 aliphatic carbocycles. The molecule has 0 bridgehead atoms. The summed E-state index contributed by atoms with van der Waals surface area (Å²) >= 11 is 5.75. The van der Waals surface area contributed by atoms with Crippen molar-refractivity contribution in [2.24, 2.45) is 5.16 Å². The summed E-state index contributed by atoms with van der Waals surface area (Å²) in [6.07, 6.45) is 1.53. The predicted molar refractivity (Wildman–Crippen MR) is 72.9 cm³/mol. The zero-order valence-electron chi connectivity index (χ0n) is 10.7. The Balaban J connectivity index is 2.33. The van der Waals surface area contributed by atoms with Crippen LogP contribution in [-0.2, 0) is 9.63 Å². The van der Waals surface area contributed by atoms with Gasteiger partial charge in [0.05, 0.1) is 6.21 Å². The van der Waals surface area contributed by atoms with E-state index in [4.69, 9.17) is 16.4 Å². The lowest BCUT2D eigenvalue weighted by molar-refractivity contribution is -0.127. The smallest absolute Gasteiger partial charge is 0.261 e. The number of oxime groups is 1. The molecule has 0 radical (unpaired) electrons. The number of hydrogen-bond acceptors (Lipinski definition) is 3. The molecule has 0 aliphatic heterocycles. The summed E-state index contributed by atoms with van der Waals surface area (Å²) in [4.78, 5) is 16.3. The van der Waals surface area contributed by atoms with Crippen molar-refractivity contribution >= 4 is 23.7 Å². The number of nitrogens with zero attached hydrogens (tertiary/aromatic N) is 1. The second kappa shape index (κ2) is 6.40. The lowest BCUT2D eigenvalue weighted by Gasteiger charge is -2.19. The number of hydrogen-bond donors (Lipinski definition) is 1. The van der Waals surface area contributed by atoms with E-state index >= 15 is 0 Å². The third-order valence-electron chi connectivity index (χ3n) is 1.86. The molecule has 1 rings (SSSR count). The van der Waals surface area contributed by atoms with E-state index in [0.29, 0.717) is 5.02 Å². The monoisotopic (exact) mass is 268 g/mol. The first kappa shape index (κ1) is 14.5. The SMILES string of the molecule is CC(C)(C)NC(=O)CO/N=C\c1ccc(Cl)cc1. The molecule has 0 spiro atoms. The van der Waals surface area contributed by atoms with Crippen molar-refractivity contribution in [2.75, 3.05) is 6.61 Å². The molecule has 4 nitrogen and oxygen atoms in total. The number of halogens is 1. The Morgan fingerprint density at radius 3 is 2.56 bits per heavy atom. The third kappa shape index (κ3) is 6.25. The quantitative estimate of drug-likeness (QED) is 0.674. The highest BCUT2D eigenvalue weighted by molar-refractivity contribution is 6.30. The maximum absolute atomic E-state index is 11.4. The highest BCUT2D eigenvalue weighted by atomic mass is 35.5. The van der Waals surface area contributed by atoms with E-state index in [1.807, 2.05) is 32.9 Å². The molecule has 0 aromatic heterocycles. The van der Waals surface area contributed by atoms with Crippen LogP contribution in [0.2, 0.25) is 5.02 Å². The number of benzene rings is 1. The first-order valence-electron chi connectivity index (χ1n) is 5.59. The van der Waals surface area contributed by atoms with Crippen LogP contribution in [0.3, 0.4) is 0 Å². The average molecular weight is 269 g/mol. The van der Waals surface area contributed by atoms with Crippen molar-refractivity contribution in [3.63, 3.8) is 0 Å². The summed E-state index contributed by atoms with van der Waals surface area (Å²) in [5.41, 5.74) is 0.594. The van der Waals surface area contributed by atoms with Gasteiger partial charge in [0.1, 0.15) is 0 Å². The predicted octanol–water partition coefficient (Wildman–Crippen LogP) is 2.61. The first-order chi connectivity index (χ1) is 8.37. The Morgan fingerprint density at radius 2 is 2.00 bits per heavy atom. The van der Waals surface area contributed by atoms with Crippen LogP contribution in [0.4, 0.5) is 0 Å². The van der Waals surface area contributed by atoms with E-state index in [0.717, 1.165) is 5.56 Å². The normalized spacial score (nSPS) is 11.6. The Hall–Kier alpha value is -1.55. The Bertz CT molecular complexity index is 422. The van der Waals surface area contributed by atoms with E-state index in [9.17, 15) is 4.79 Å². The zero-order valence-corrected chi connectivity index (χ0v) is 11.5. The van der Waals surface area contributed by atoms with E-state index in [2.05, 4.69) is 10.5 Å². The van der Waals surface area contributed by atoms with Gasteiger partial charge in [0.2, 0.25) is 0 Å². The number of amides is 1. The van der Waals surface area contributed by atoms with Crippen molar-refractivity contribution in [3.05, 3.63) is 34.9 Å². The molecule has 0 unspecified atom stereocenters. The van der Waals surface area contributed by atoms with Crippen LogP contribution in [0.25, 0.3) is 0 Å². The molecule has 98 valence electrons. The van der Waals surface area contributed by atoms with Gasteiger partial charge >= 0.3 is 0 Å². The standard InChI is InChI=1S/C13H17ClN2O2/c1-13(2,3)16-12(17)9-18-15-8-10-4-6-11(14)7-5-10/h4-8H,9H2,1-3H3,(H,16,17)/b15-8-. The minimum atomic E-state index is -0.264. The lowest BCUT2D eigenvalue weighted by Crippen LogP contribution is -2.42. The van der Waals surface area contributed by atoms with Crippen LogP contribution in [0.1, 0.15) is 26.3 Å². The molecule has 0 aliphatic rings. The van der Waals surface area contributed by atoms with Gasteiger partial charge in [0.15, 0.2) is 6.61 Å². The van der Waals surface area contributed by atoms with Gasteiger partial charge < -0.3 is 10.2 Å². The van der Waals surface area contributed by atoms with Crippen LogP contribution >= 0.6 is 11.6 Å². The largest absolute Gasteiger partial charge is 0.386 e. The van der Waals surface area contributed by atoms with Crippen LogP contribution in [0.15, 0.2) is 29.4 Å². The highest BCUT2D eigenvalue weighted by Gasteiger charge is 2.13. The van der Waals surface area contributed by atoms with Gasteiger partial charge in [-0.15, -0.1) is 0 Å². The summed E-state index contributed by atoms with van der Waals surface area (Å²) in [6, 6.07) is 7.14. The van der Waals surface area contributed by atoms with Crippen LogP contribution in [-0.4, -0.2) is 24.3 Å². The molecule has 18 heavy (non-hydrogen) atoms. The number of rotatable bonds is 4. The highest BCUT2D eigenvalue weighted by Crippen LogP contribution is 2.07. The molecule has 1 aromatic carbocycles. The van der Waals surface area contributed by atoms with Gasteiger partial charge in [-0.2, -0.15) is 0 Å². The van der Waals surface area contributed by atoms with Crippen molar-refractivity contribution in [1.29, 1.82) is 0 Å². The fourth-order valence-electron chi connectivity index (χ4n) is 1.20. The second-order valence-electron chi connectivity index (χ2n) is 4.86. The molecule has 0 atom stereocenters. The van der Waals surface area contributed by atoms with Gasteiger partial charge in [-0.1, -0.05) is 28.9 Å². The van der Waals surface area contributed by atoms with Crippen molar-refractivity contribution in [3.8, 4) is 0 Å². The van der Waals surface area contributed by atoms with E-state index in [1.165, 1.54) is 6.21 Å². The fourth-order valence-corrected chi connectivity index (χ4v) is 1.32. The first-order valence-corrected chi connectivity index (χ1v) is 5.96. The van der Waals surface area contributed by atoms with E-state index < -0.39 is 0 Å². The molecule has 1 amide bonds. The Kier molecular flexibility index (Phi) is 5.16. The molecule has 0 fully saturated rings. The van der Waals surface area contributed by atoms with Gasteiger partial charge in [-0.05, 0) is 38.5 Å². The molecular formula is C13H17ClN2O2. The zero-order chi connectivity index (χ0) is 13.6. The Morgan fingerprint density at radius 1 is 1.39 bits per heavy atom. The van der Waals surface area contributed by atoms with Crippen molar-refractivity contribution < 1.29 is 9.63 Å². The number of carbonyl (C=O) groups excluding carboxylic acids is 1. The molecule has 0 heterocycles. The molecule has 0 saturated carbocycles. The van der Waals surface area contributed by atoms with Gasteiger partial charge in [0, 0.05) is 10.6 Å². The number of nitrogens with one attached hydrogen (secondary N) is 1. The molecule has 0 saturated heterocycles. The minimum absolute atomic E-state index is 0.0959. The molecule has 5 heteroatoms. The maximum atomic E-state index is 11.4. The van der Waals surface area contributed by atoms with Crippen LogP contribution in [0.5, 0.6) is 0 Å². The van der Waals surface area contributed by atoms with E-state index in [1.54, 1.807) is 12.1 Å². The molecular weight excluding hydrogens is 252 g/mol. The van der Waals surface area contributed by atoms with Crippen molar-refractivity contribution in [2.45, 2.75) is 26.3 Å². The van der Waals surface area contributed by atoms with Crippen molar-refractivity contribution in [1.82, 2.24) is 5.32 Å². The summed E-state index contributed by atoms with van der Waals surface area (Å²) in [5, 5.41) is 7.15. The lowest BCUT2D eigenvalue weighted by atomic mass is 10.1. The maximum Gasteiger partial charge on any atom is 0.261 e. The molecule has 1 N–H and O–H groups in total. The minimum Gasteiger partial charge on any atom is -0.386 e. The topological polar surface area (TPSA) is 50.7 Å². The molecule has 1 aromatic rings.